The summed E-state index contributed by atoms with van der Waals surface area (Å²) in [7, 11) is 0. The summed E-state index contributed by atoms with van der Waals surface area (Å²) in [5.41, 5.74) is 3.28. The fourth-order valence-corrected chi connectivity index (χ4v) is 3.58. The van der Waals surface area contributed by atoms with Crippen LogP contribution >= 0.6 is 22.6 Å². The topological polar surface area (TPSA) is 31.9 Å². The van der Waals surface area contributed by atoms with Gasteiger partial charge in [0.15, 0.2) is 0 Å². The third kappa shape index (κ3) is 3.87. The number of hydrogen-bond donors (Lipinski definition) is 1. The minimum absolute atomic E-state index is 0.129. The predicted molar refractivity (Wildman–Crippen MR) is 108 cm³/mol. The average molecular weight is 481 g/mol. The van der Waals surface area contributed by atoms with Crippen molar-refractivity contribution in [2.45, 2.75) is 16.8 Å². The van der Waals surface area contributed by atoms with E-state index in [1.54, 1.807) is 6.20 Å². The Bertz CT molecular complexity index is 1020. The fraction of sp³-hybridized carbons (Fsp3) is 0.150. The van der Waals surface area contributed by atoms with Crippen molar-refractivity contribution < 1.29 is 13.2 Å². The van der Waals surface area contributed by atoms with E-state index in [1.165, 1.54) is 12.1 Å². The molecule has 1 N–H and O–H groups in total. The highest BCUT2D eigenvalue weighted by Crippen LogP contribution is 2.31. The molecular weight excluding hydrogens is 466 g/mol. The summed E-state index contributed by atoms with van der Waals surface area (Å²) in [6, 6.07) is 11.4. The molecule has 2 aromatic carbocycles. The summed E-state index contributed by atoms with van der Waals surface area (Å²) in [5.74, 6) is 0. The van der Waals surface area contributed by atoms with Gasteiger partial charge in [-0.05, 0) is 34.9 Å². The zero-order valence-electron chi connectivity index (χ0n) is 14.0. The van der Waals surface area contributed by atoms with Gasteiger partial charge in [-0.3, -0.25) is 5.10 Å². The van der Waals surface area contributed by atoms with Gasteiger partial charge in [-0.25, -0.2) is 0 Å². The number of aromatic nitrogens is 2. The number of alkyl halides is 4. The van der Waals surface area contributed by atoms with Crippen molar-refractivity contribution in [2.75, 3.05) is 0 Å². The third-order valence-electron chi connectivity index (χ3n) is 4.48. The highest BCUT2D eigenvalue weighted by atomic mass is 127. The minimum Gasteiger partial charge on any atom is -0.357 e. The van der Waals surface area contributed by atoms with Crippen LogP contribution in [-0.2, 0) is 12.7 Å². The molecule has 0 spiro atoms. The summed E-state index contributed by atoms with van der Waals surface area (Å²) in [4.78, 5) is 2.11. The maximum Gasteiger partial charge on any atom is 0.416 e. The Balaban J connectivity index is 1.57. The first-order valence-electron chi connectivity index (χ1n) is 8.30. The highest BCUT2D eigenvalue weighted by molar-refractivity contribution is 14.1. The SMILES string of the molecule is FC(F)(F)c1ccc(CN2C=C(c3ccc4cn[nH]c4c3)C=CC2I)cc1. The molecule has 1 aromatic heterocycles. The number of allylic oxidation sites excluding steroid dienone is 2. The highest BCUT2D eigenvalue weighted by Gasteiger charge is 2.30. The molecule has 1 atom stereocenters. The van der Waals surface area contributed by atoms with E-state index >= 15 is 0 Å². The van der Waals surface area contributed by atoms with Crippen molar-refractivity contribution in [3.63, 3.8) is 0 Å². The molecule has 7 heteroatoms. The molecule has 0 saturated heterocycles. The first-order chi connectivity index (χ1) is 12.9. The van der Waals surface area contributed by atoms with Crippen molar-refractivity contribution in [3.05, 3.63) is 83.7 Å². The molecular formula is C20H15F3IN3. The van der Waals surface area contributed by atoms with Crippen LogP contribution in [0.3, 0.4) is 0 Å². The van der Waals surface area contributed by atoms with Crippen LogP contribution in [0.1, 0.15) is 16.7 Å². The van der Waals surface area contributed by atoms with Gasteiger partial charge in [0.05, 0.1) is 21.3 Å². The maximum absolute atomic E-state index is 12.7. The molecule has 0 aliphatic carbocycles. The number of benzene rings is 2. The Kier molecular flexibility index (Phi) is 4.71. The van der Waals surface area contributed by atoms with Crippen LogP contribution in [-0.4, -0.2) is 19.1 Å². The lowest BCUT2D eigenvalue weighted by Gasteiger charge is -2.28. The molecule has 3 aromatic rings. The Labute approximate surface area is 167 Å². The normalized spacial score (nSPS) is 17.4. The Morgan fingerprint density at radius 1 is 1.11 bits per heavy atom. The summed E-state index contributed by atoms with van der Waals surface area (Å²) in [6.07, 6.45) is 3.67. The van der Waals surface area contributed by atoms with Crippen molar-refractivity contribution in [1.29, 1.82) is 0 Å². The molecule has 27 heavy (non-hydrogen) atoms. The van der Waals surface area contributed by atoms with Crippen molar-refractivity contribution in [3.8, 4) is 0 Å². The van der Waals surface area contributed by atoms with Crippen LogP contribution in [0.2, 0.25) is 0 Å². The smallest absolute Gasteiger partial charge is 0.357 e. The molecule has 2 heterocycles. The van der Waals surface area contributed by atoms with E-state index in [0.717, 1.165) is 39.7 Å². The average Bonchev–Trinajstić information content (AvgIpc) is 3.11. The van der Waals surface area contributed by atoms with E-state index in [2.05, 4.69) is 49.8 Å². The Morgan fingerprint density at radius 3 is 2.63 bits per heavy atom. The number of H-pyrrole nitrogens is 1. The lowest BCUT2D eigenvalue weighted by molar-refractivity contribution is -0.137. The van der Waals surface area contributed by atoms with Gasteiger partial charge in [0.2, 0.25) is 0 Å². The predicted octanol–water partition coefficient (Wildman–Crippen LogP) is 5.76. The van der Waals surface area contributed by atoms with Crippen LogP contribution < -0.4 is 0 Å². The first kappa shape index (κ1) is 18.1. The van der Waals surface area contributed by atoms with E-state index in [-0.39, 0.29) is 4.05 Å². The van der Waals surface area contributed by atoms with Gasteiger partial charge >= 0.3 is 6.18 Å². The van der Waals surface area contributed by atoms with Gasteiger partial charge in [-0.1, -0.05) is 59.0 Å². The molecule has 3 nitrogen and oxygen atoms in total. The lowest BCUT2D eigenvalue weighted by Crippen LogP contribution is -2.26. The van der Waals surface area contributed by atoms with Crippen LogP contribution in [0.25, 0.3) is 16.5 Å². The Morgan fingerprint density at radius 2 is 1.89 bits per heavy atom. The monoisotopic (exact) mass is 481 g/mol. The molecule has 138 valence electrons. The molecule has 1 unspecified atom stereocenters. The summed E-state index contributed by atoms with van der Waals surface area (Å²) < 4.78 is 38.3. The second-order valence-corrected chi connectivity index (χ2v) is 7.63. The third-order valence-corrected chi connectivity index (χ3v) is 5.61. The zero-order valence-corrected chi connectivity index (χ0v) is 16.2. The van der Waals surface area contributed by atoms with E-state index < -0.39 is 11.7 Å². The van der Waals surface area contributed by atoms with E-state index in [0.29, 0.717) is 6.54 Å². The van der Waals surface area contributed by atoms with Crippen LogP contribution in [0, 0.1) is 0 Å². The molecule has 0 fully saturated rings. The van der Waals surface area contributed by atoms with Crippen molar-refractivity contribution in [1.82, 2.24) is 15.1 Å². The quantitative estimate of drug-likeness (QED) is 0.293. The van der Waals surface area contributed by atoms with E-state index in [1.807, 2.05) is 24.4 Å². The van der Waals surface area contributed by atoms with Crippen molar-refractivity contribution >= 4 is 39.1 Å². The largest absolute Gasteiger partial charge is 0.416 e. The summed E-state index contributed by atoms with van der Waals surface area (Å²) >= 11 is 2.31. The number of hydrogen-bond acceptors (Lipinski definition) is 2. The molecule has 1 aliphatic rings. The fourth-order valence-electron chi connectivity index (χ4n) is 3.02. The van der Waals surface area contributed by atoms with Crippen molar-refractivity contribution in [2.24, 2.45) is 0 Å². The number of halogens is 4. The van der Waals surface area contributed by atoms with E-state index in [4.69, 9.17) is 0 Å². The summed E-state index contributed by atoms with van der Waals surface area (Å²) in [5, 5.41) is 8.06. The number of rotatable bonds is 3. The molecule has 4 rings (SSSR count). The van der Waals surface area contributed by atoms with Gasteiger partial charge in [0.1, 0.15) is 0 Å². The van der Waals surface area contributed by atoms with Gasteiger partial charge < -0.3 is 4.90 Å². The Hall–Kier alpha value is -2.29. The molecule has 0 amide bonds. The molecule has 1 aliphatic heterocycles. The zero-order chi connectivity index (χ0) is 19.0. The minimum atomic E-state index is -4.31. The van der Waals surface area contributed by atoms with Crippen LogP contribution in [0.5, 0.6) is 0 Å². The summed E-state index contributed by atoms with van der Waals surface area (Å²) in [6.45, 7) is 0.534. The van der Waals surface area contributed by atoms with Gasteiger partial charge in [-0.15, -0.1) is 0 Å². The van der Waals surface area contributed by atoms with Gasteiger partial charge in [0.25, 0.3) is 0 Å². The van der Waals surface area contributed by atoms with Gasteiger partial charge in [0, 0.05) is 18.1 Å². The number of fused-ring (bicyclic) bond motifs is 1. The second-order valence-electron chi connectivity index (χ2n) is 6.36. The number of nitrogens with one attached hydrogen (secondary N) is 1. The standard InChI is InChI=1S/C20H15F3IN3/c21-20(22,23)17-6-1-13(2-7-17)11-27-12-16(5-8-19(27)24)14-3-4-15-10-25-26-18(15)9-14/h1-10,12,19H,11H2,(H,25,26). The van der Waals surface area contributed by atoms with E-state index in [9.17, 15) is 13.2 Å². The molecule has 0 saturated carbocycles. The number of aromatic amines is 1. The first-order valence-corrected chi connectivity index (χ1v) is 9.54. The molecule has 0 radical (unpaired) electrons. The lowest BCUT2D eigenvalue weighted by atomic mass is 10.0. The van der Waals surface area contributed by atoms with Crippen LogP contribution in [0.15, 0.2) is 67.0 Å². The van der Waals surface area contributed by atoms with Gasteiger partial charge in [-0.2, -0.15) is 18.3 Å². The second kappa shape index (κ2) is 7.03. The van der Waals surface area contributed by atoms with Crippen LogP contribution in [0.4, 0.5) is 13.2 Å². The molecule has 0 bridgehead atoms. The maximum atomic E-state index is 12.7. The number of nitrogens with zero attached hydrogens (tertiary/aromatic N) is 2.